The predicted molar refractivity (Wildman–Crippen MR) is 86.1 cm³/mol. The van der Waals surface area contributed by atoms with Crippen LogP contribution in [0, 0.1) is 0 Å². The molecule has 112 valence electrons. The lowest BCUT2D eigenvalue weighted by atomic mass is 10.2. The van der Waals surface area contributed by atoms with E-state index in [2.05, 4.69) is 15.6 Å². The van der Waals surface area contributed by atoms with Gasteiger partial charge in [0, 0.05) is 17.3 Å². The first kappa shape index (κ1) is 15.3. The van der Waals surface area contributed by atoms with Crippen molar-refractivity contribution in [3.63, 3.8) is 0 Å². The van der Waals surface area contributed by atoms with Crippen LogP contribution in [0.2, 0.25) is 0 Å². The van der Waals surface area contributed by atoms with Crippen molar-refractivity contribution in [2.24, 2.45) is 0 Å². The minimum atomic E-state index is -0.299. The van der Waals surface area contributed by atoms with E-state index >= 15 is 0 Å². The monoisotopic (exact) mass is 305 g/mol. The first-order valence-corrected chi connectivity index (χ1v) is 7.80. The molecule has 1 amide bonds. The topological polar surface area (TPSA) is 63.2 Å². The Morgan fingerprint density at radius 2 is 2.10 bits per heavy atom. The second kappa shape index (κ2) is 7.64. The molecule has 1 aromatic carbocycles. The molecule has 21 heavy (non-hydrogen) atoms. The molecule has 2 N–H and O–H groups in total. The third-order valence-corrected chi connectivity index (χ3v) is 3.58. The number of nitrogens with zero attached hydrogens (tertiary/aromatic N) is 1. The predicted octanol–water partition coefficient (Wildman–Crippen LogP) is 3.37. The largest absolute Gasteiger partial charge is 0.494 e. The lowest BCUT2D eigenvalue weighted by molar-refractivity contribution is -0.116. The second-order valence-electron chi connectivity index (χ2n) is 4.39. The van der Waals surface area contributed by atoms with Crippen LogP contribution >= 0.6 is 11.3 Å². The third kappa shape index (κ3) is 4.46. The number of benzene rings is 1. The number of nitrogens with one attached hydrogen (secondary N) is 2. The number of hydrogen-bond donors (Lipinski definition) is 2. The SMILES string of the molecule is CCOc1ccc(N[C@@H](CC)C(=O)Nc2nccs2)cc1. The average Bonchev–Trinajstić information content (AvgIpc) is 2.99. The molecular weight excluding hydrogens is 286 g/mol. The number of amides is 1. The van der Waals surface area contributed by atoms with E-state index in [1.807, 2.05) is 43.5 Å². The van der Waals surface area contributed by atoms with Gasteiger partial charge in [-0.2, -0.15) is 0 Å². The van der Waals surface area contributed by atoms with E-state index in [9.17, 15) is 4.79 Å². The molecule has 2 rings (SSSR count). The fraction of sp³-hybridized carbons (Fsp3) is 0.333. The maximum atomic E-state index is 12.2. The molecule has 2 aromatic rings. The van der Waals surface area contributed by atoms with Gasteiger partial charge >= 0.3 is 0 Å². The number of ether oxygens (including phenoxy) is 1. The van der Waals surface area contributed by atoms with Gasteiger partial charge in [-0.05, 0) is 37.6 Å². The van der Waals surface area contributed by atoms with E-state index in [0.717, 1.165) is 11.4 Å². The highest BCUT2D eigenvalue weighted by molar-refractivity contribution is 7.13. The molecule has 1 heterocycles. The summed E-state index contributed by atoms with van der Waals surface area (Å²) < 4.78 is 5.40. The first-order chi connectivity index (χ1) is 10.2. The molecule has 0 saturated heterocycles. The van der Waals surface area contributed by atoms with E-state index in [1.165, 1.54) is 11.3 Å². The van der Waals surface area contributed by atoms with Crippen molar-refractivity contribution >= 4 is 28.1 Å². The molecule has 0 aliphatic rings. The number of aromatic nitrogens is 1. The molecule has 1 aromatic heterocycles. The highest BCUT2D eigenvalue weighted by Gasteiger charge is 2.17. The van der Waals surface area contributed by atoms with Crippen LogP contribution in [0.25, 0.3) is 0 Å². The minimum Gasteiger partial charge on any atom is -0.494 e. The highest BCUT2D eigenvalue weighted by atomic mass is 32.1. The van der Waals surface area contributed by atoms with Crippen molar-refractivity contribution in [1.82, 2.24) is 4.98 Å². The normalized spacial score (nSPS) is 11.7. The number of hydrogen-bond acceptors (Lipinski definition) is 5. The van der Waals surface area contributed by atoms with Crippen LogP contribution in [0.5, 0.6) is 5.75 Å². The van der Waals surface area contributed by atoms with Crippen LogP contribution in [0.4, 0.5) is 10.8 Å². The summed E-state index contributed by atoms with van der Waals surface area (Å²) in [5, 5.41) is 8.47. The van der Waals surface area contributed by atoms with Gasteiger partial charge in [0.2, 0.25) is 5.91 Å². The summed E-state index contributed by atoms with van der Waals surface area (Å²) in [5.41, 5.74) is 0.889. The summed E-state index contributed by atoms with van der Waals surface area (Å²) >= 11 is 1.41. The molecular formula is C15H19N3O2S. The van der Waals surface area contributed by atoms with E-state index in [-0.39, 0.29) is 11.9 Å². The smallest absolute Gasteiger partial charge is 0.248 e. The Bertz CT molecular complexity index is 555. The van der Waals surface area contributed by atoms with Gasteiger partial charge in [0.05, 0.1) is 6.61 Å². The Kier molecular flexibility index (Phi) is 5.57. The Hall–Kier alpha value is -2.08. The highest BCUT2D eigenvalue weighted by Crippen LogP contribution is 2.18. The molecule has 0 unspecified atom stereocenters. The number of carbonyl (C=O) groups excluding carboxylic acids is 1. The molecule has 0 spiro atoms. The maximum absolute atomic E-state index is 12.2. The van der Waals surface area contributed by atoms with E-state index in [4.69, 9.17) is 4.74 Å². The van der Waals surface area contributed by atoms with Crippen LogP contribution in [-0.4, -0.2) is 23.5 Å². The lowest BCUT2D eigenvalue weighted by Crippen LogP contribution is -2.34. The summed E-state index contributed by atoms with van der Waals surface area (Å²) in [6.07, 6.45) is 2.35. The summed E-state index contributed by atoms with van der Waals surface area (Å²) in [6.45, 7) is 4.55. The van der Waals surface area contributed by atoms with Gasteiger partial charge in [-0.3, -0.25) is 4.79 Å². The van der Waals surface area contributed by atoms with Crippen molar-refractivity contribution in [3.05, 3.63) is 35.8 Å². The van der Waals surface area contributed by atoms with Crippen LogP contribution in [0.15, 0.2) is 35.8 Å². The Morgan fingerprint density at radius 1 is 1.33 bits per heavy atom. The van der Waals surface area contributed by atoms with Gasteiger partial charge in [0.25, 0.3) is 0 Å². The molecule has 0 saturated carbocycles. The number of thiazole rings is 1. The Balaban J connectivity index is 1.96. The second-order valence-corrected chi connectivity index (χ2v) is 5.28. The Labute approximate surface area is 128 Å². The van der Waals surface area contributed by atoms with Crippen molar-refractivity contribution in [2.75, 3.05) is 17.2 Å². The van der Waals surface area contributed by atoms with Crippen molar-refractivity contribution in [1.29, 1.82) is 0 Å². The number of carbonyl (C=O) groups is 1. The number of rotatable bonds is 7. The third-order valence-electron chi connectivity index (χ3n) is 2.89. The zero-order valence-corrected chi connectivity index (χ0v) is 12.9. The zero-order chi connectivity index (χ0) is 15.1. The molecule has 0 radical (unpaired) electrons. The van der Waals surface area contributed by atoms with Crippen molar-refractivity contribution in [2.45, 2.75) is 26.3 Å². The van der Waals surface area contributed by atoms with E-state index in [0.29, 0.717) is 18.2 Å². The van der Waals surface area contributed by atoms with Gasteiger partial charge in [-0.15, -0.1) is 11.3 Å². The summed E-state index contributed by atoms with van der Waals surface area (Å²) in [5.74, 6) is 0.740. The number of anilines is 2. The van der Waals surface area contributed by atoms with Crippen LogP contribution < -0.4 is 15.4 Å². The molecule has 1 atom stereocenters. The molecule has 5 nitrogen and oxygen atoms in total. The van der Waals surface area contributed by atoms with Crippen molar-refractivity contribution < 1.29 is 9.53 Å². The van der Waals surface area contributed by atoms with Gasteiger partial charge in [-0.25, -0.2) is 4.98 Å². The van der Waals surface area contributed by atoms with Gasteiger partial charge in [-0.1, -0.05) is 6.92 Å². The molecule has 0 bridgehead atoms. The Morgan fingerprint density at radius 3 is 2.67 bits per heavy atom. The molecule has 0 fully saturated rings. The van der Waals surface area contributed by atoms with Crippen LogP contribution in [0.3, 0.4) is 0 Å². The summed E-state index contributed by atoms with van der Waals surface area (Å²) in [7, 11) is 0. The molecule has 0 aliphatic carbocycles. The summed E-state index contributed by atoms with van der Waals surface area (Å²) in [4.78, 5) is 16.2. The van der Waals surface area contributed by atoms with Crippen LogP contribution in [0.1, 0.15) is 20.3 Å². The summed E-state index contributed by atoms with van der Waals surface area (Å²) in [6, 6.07) is 7.29. The van der Waals surface area contributed by atoms with Gasteiger partial charge in [0.15, 0.2) is 5.13 Å². The lowest BCUT2D eigenvalue weighted by Gasteiger charge is -2.17. The standard InChI is InChI=1S/C15H19N3O2S/c1-3-13(14(19)18-15-16-9-10-21-15)17-11-5-7-12(8-6-11)20-4-2/h5-10,13,17H,3-4H2,1-2H3,(H,16,18,19)/t13-/m0/s1. The van der Waals surface area contributed by atoms with Gasteiger partial charge in [0.1, 0.15) is 11.8 Å². The fourth-order valence-electron chi connectivity index (χ4n) is 1.85. The zero-order valence-electron chi connectivity index (χ0n) is 12.1. The maximum Gasteiger partial charge on any atom is 0.248 e. The molecule has 6 heteroatoms. The van der Waals surface area contributed by atoms with Crippen molar-refractivity contribution in [3.8, 4) is 5.75 Å². The van der Waals surface area contributed by atoms with E-state index in [1.54, 1.807) is 6.20 Å². The minimum absolute atomic E-state index is 0.0821. The average molecular weight is 305 g/mol. The first-order valence-electron chi connectivity index (χ1n) is 6.92. The van der Waals surface area contributed by atoms with E-state index < -0.39 is 0 Å². The molecule has 0 aliphatic heterocycles. The van der Waals surface area contributed by atoms with Gasteiger partial charge < -0.3 is 15.4 Å². The fourth-order valence-corrected chi connectivity index (χ4v) is 2.38. The van der Waals surface area contributed by atoms with Crippen LogP contribution in [-0.2, 0) is 4.79 Å². The quantitative estimate of drug-likeness (QED) is 0.823.